The number of carbonyl (C=O) groups excluding carboxylic acids is 1. The van der Waals surface area contributed by atoms with Gasteiger partial charge in [0.25, 0.3) is 0 Å². The van der Waals surface area contributed by atoms with E-state index in [-0.39, 0.29) is 14.1 Å². The molecule has 7 nitrogen and oxygen atoms in total. The van der Waals surface area contributed by atoms with Gasteiger partial charge in [0.15, 0.2) is 0 Å². The van der Waals surface area contributed by atoms with Gasteiger partial charge in [-0.25, -0.2) is 4.79 Å². The zero-order valence-corrected chi connectivity index (χ0v) is 21.8. The van der Waals surface area contributed by atoms with Crippen molar-refractivity contribution in [2.45, 2.75) is 66.8 Å². The van der Waals surface area contributed by atoms with Crippen LogP contribution in [0.1, 0.15) is 66.4 Å². The van der Waals surface area contributed by atoms with Crippen molar-refractivity contribution in [3.05, 3.63) is 59.2 Å². The fourth-order valence-corrected chi connectivity index (χ4v) is 4.22. The van der Waals surface area contributed by atoms with E-state index in [2.05, 4.69) is 54.5 Å². The van der Waals surface area contributed by atoms with Crippen LogP contribution in [-0.4, -0.2) is 70.4 Å². The number of ether oxygens (including phenoxy) is 1. The third-order valence-electron chi connectivity index (χ3n) is 6.04. The molecule has 3 rings (SSSR count). The Morgan fingerprint density at radius 2 is 1.71 bits per heavy atom. The van der Waals surface area contributed by atoms with E-state index in [1.54, 1.807) is 4.90 Å². The largest absolute Gasteiger partial charge is 0.396 e. The molecule has 0 bridgehead atoms. The minimum atomic E-state index is -0.0857. The molecule has 0 atom stereocenters. The zero-order valence-electron chi connectivity index (χ0n) is 21.8. The predicted octanol–water partition coefficient (Wildman–Crippen LogP) is 5.19. The summed E-state index contributed by atoms with van der Waals surface area (Å²) in [6, 6.07) is 8.63. The number of carbonyl (C=O) groups is 1. The number of benzene rings is 1. The van der Waals surface area contributed by atoms with E-state index >= 15 is 0 Å². The molecule has 0 saturated heterocycles. The van der Waals surface area contributed by atoms with Crippen LogP contribution in [0.2, 0.25) is 0 Å². The highest BCUT2D eigenvalue weighted by atomic mass is 16.5. The van der Waals surface area contributed by atoms with E-state index in [4.69, 9.17) is 4.74 Å². The first-order valence-electron chi connectivity index (χ1n) is 12.8. The summed E-state index contributed by atoms with van der Waals surface area (Å²) in [6.45, 7) is 18.2. The number of aliphatic hydroxyl groups excluding tert-OH is 1. The van der Waals surface area contributed by atoms with E-state index < -0.39 is 0 Å². The van der Waals surface area contributed by atoms with Crippen molar-refractivity contribution in [3.8, 4) is 0 Å². The average molecular weight is 475 g/mol. The number of hydrogen-bond donors (Lipinski definition) is 1. The predicted molar refractivity (Wildman–Crippen MR) is 140 cm³/mol. The molecule has 1 aromatic carbocycles. The van der Waals surface area contributed by atoms with E-state index in [0.717, 1.165) is 37.3 Å². The summed E-state index contributed by atoms with van der Waals surface area (Å²) < 4.78 is 5.94. The number of rotatable bonds is 12. The van der Waals surface area contributed by atoms with Gasteiger partial charge in [0.1, 0.15) is 18.2 Å². The molecular formula is C27H46N4O3. The summed E-state index contributed by atoms with van der Waals surface area (Å²) in [4.78, 5) is 21.2. The summed E-state index contributed by atoms with van der Waals surface area (Å²) in [5.41, 5.74) is 4.21. The number of nitrogens with zero attached hydrogens (tertiary/aromatic N) is 4. The quantitative estimate of drug-likeness (QED) is 0.422. The molecule has 0 unspecified atom stereocenters. The Balaban J connectivity index is 0.00000199. The van der Waals surface area contributed by atoms with Crippen molar-refractivity contribution in [2.24, 2.45) is 0 Å². The third-order valence-corrected chi connectivity index (χ3v) is 6.04. The average Bonchev–Trinajstić information content (AvgIpc) is 3.21. The smallest absolute Gasteiger partial charge is 0.330 e. The first kappa shape index (κ1) is 27.7. The summed E-state index contributed by atoms with van der Waals surface area (Å²) >= 11 is 0. The van der Waals surface area contributed by atoms with Crippen LogP contribution < -0.4 is 0 Å². The topological polar surface area (TPSA) is 59.5 Å². The molecule has 0 spiro atoms. The lowest BCUT2D eigenvalue weighted by Gasteiger charge is -2.39. The molecule has 0 aliphatic carbocycles. The van der Waals surface area contributed by atoms with Gasteiger partial charge in [0.05, 0.1) is 12.4 Å². The van der Waals surface area contributed by atoms with E-state index in [1.807, 2.05) is 25.7 Å². The maximum absolute atomic E-state index is 13.3. The van der Waals surface area contributed by atoms with Crippen LogP contribution in [0.4, 0.5) is 4.79 Å². The second kappa shape index (κ2) is 14.0. The Morgan fingerprint density at radius 3 is 2.29 bits per heavy atom. The number of hydrogen-bond acceptors (Lipinski definition) is 5. The van der Waals surface area contributed by atoms with Crippen LogP contribution in [0.3, 0.4) is 0 Å². The van der Waals surface area contributed by atoms with Crippen LogP contribution in [0, 0.1) is 0 Å². The highest BCUT2D eigenvalue weighted by Gasteiger charge is 2.43. The summed E-state index contributed by atoms with van der Waals surface area (Å²) in [7, 11) is 0. The van der Waals surface area contributed by atoms with Gasteiger partial charge in [-0.3, -0.25) is 9.80 Å². The number of amides is 2. The fraction of sp³-hybridized carbons (Fsp3) is 0.593. The van der Waals surface area contributed by atoms with Crippen molar-refractivity contribution >= 4 is 6.03 Å². The number of aryl methyl sites for hydroxylation is 1. The van der Waals surface area contributed by atoms with Gasteiger partial charge < -0.3 is 19.6 Å². The highest BCUT2D eigenvalue weighted by molar-refractivity contribution is 5.81. The van der Waals surface area contributed by atoms with E-state index in [0.29, 0.717) is 45.2 Å². The van der Waals surface area contributed by atoms with E-state index in [1.165, 1.54) is 11.1 Å². The summed E-state index contributed by atoms with van der Waals surface area (Å²) in [5.74, 6) is 0.879. The van der Waals surface area contributed by atoms with Gasteiger partial charge in [0, 0.05) is 34.3 Å². The van der Waals surface area contributed by atoms with Crippen molar-refractivity contribution < 1.29 is 16.1 Å². The van der Waals surface area contributed by atoms with Crippen LogP contribution in [0.15, 0.2) is 48.1 Å². The second-order valence-electron chi connectivity index (χ2n) is 8.31. The maximum Gasteiger partial charge on any atom is 0.330 e. The third kappa shape index (κ3) is 6.33. The molecule has 0 saturated carbocycles. The Morgan fingerprint density at radius 1 is 1.03 bits per heavy atom. The molecule has 1 aromatic rings. The Labute approximate surface area is 207 Å². The van der Waals surface area contributed by atoms with Crippen LogP contribution in [0.5, 0.6) is 0 Å². The van der Waals surface area contributed by atoms with Crippen LogP contribution >= 0.6 is 0 Å². The van der Waals surface area contributed by atoms with Gasteiger partial charge in [-0.1, -0.05) is 65.0 Å². The highest BCUT2D eigenvalue weighted by Crippen LogP contribution is 2.38. The first-order valence-corrected chi connectivity index (χ1v) is 12.8. The van der Waals surface area contributed by atoms with Crippen molar-refractivity contribution in [1.82, 2.24) is 19.6 Å². The van der Waals surface area contributed by atoms with Gasteiger partial charge >= 0.3 is 6.03 Å². The molecular weight excluding hydrogens is 428 g/mol. The lowest BCUT2D eigenvalue weighted by Crippen LogP contribution is -2.49. The van der Waals surface area contributed by atoms with Crippen molar-refractivity contribution in [3.63, 3.8) is 0 Å². The van der Waals surface area contributed by atoms with Crippen molar-refractivity contribution in [1.29, 1.82) is 0 Å². The molecule has 7 heteroatoms. The van der Waals surface area contributed by atoms with Crippen LogP contribution in [0.25, 0.3) is 0 Å². The Bertz CT molecular complexity index is 828. The lowest BCUT2D eigenvalue weighted by molar-refractivity contribution is 0.0245. The molecule has 2 amide bonds. The molecule has 0 aromatic heterocycles. The Kier molecular flexibility index (Phi) is 11.4. The SMILES string of the molecule is C=C1C2=C(N(COCCCC)CN2Cc2ccc(CC)cc2)N(CC)C(=O)N1CCCO.CC.[HH]. The minimum Gasteiger partial charge on any atom is -0.396 e. The van der Waals surface area contributed by atoms with Gasteiger partial charge in [-0.05, 0) is 37.3 Å². The van der Waals surface area contributed by atoms with Gasteiger partial charge in [-0.2, -0.15) is 0 Å². The summed E-state index contributed by atoms with van der Waals surface area (Å²) in [5, 5.41) is 9.32. The Hall–Kier alpha value is -2.51. The summed E-state index contributed by atoms with van der Waals surface area (Å²) in [6.07, 6.45) is 3.65. The first-order chi connectivity index (χ1) is 16.5. The molecule has 2 aliphatic heterocycles. The number of unbranched alkanes of at least 4 members (excludes halogenated alkanes) is 1. The normalized spacial score (nSPS) is 15.7. The molecule has 192 valence electrons. The van der Waals surface area contributed by atoms with E-state index in [9.17, 15) is 9.90 Å². The lowest BCUT2D eigenvalue weighted by atomic mass is 10.1. The zero-order chi connectivity index (χ0) is 25.1. The fourth-order valence-electron chi connectivity index (χ4n) is 4.22. The van der Waals surface area contributed by atoms with Crippen LogP contribution in [-0.2, 0) is 17.7 Å². The standard InChI is InChI=1S/C25H38N4O3.C2H6.H2/c1-5-8-16-32-19-27-18-26(17-22-12-10-21(6-2)11-13-22)23-20(4)29(14-9-15-30)25(31)28(7-3)24(23)27;1-2;/h10-13,30H,4-9,14-19H2,1-3H3;1-2H3;1H. The molecule has 0 radical (unpaired) electrons. The number of urea groups is 1. The second-order valence-corrected chi connectivity index (χ2v) is 8.31. The molecule has 34 heavy (non-hydrogen) atoms. The number of aliphatic hydroxyl groups is 1. The monoisotopic (exact) mass is 474 g/mol. The molecule has 1 N–H and O–H groups in total. The van der Waals surface area contributed by atoms with Gasteiger partial charge in [-0.15, -0.1) is 0 Å². The molecule has 2 heterocycles. The van der Waals surface area contributed by atoms with Gasteiger partial charge in [0.2, 0.25) is 0 Å². The molecule has 0 fully saturated rings. The maximum atomic E-state index is 13.3. The minimum absolute atomic E-state index is 0. The van der Waals surface area contributed by atoms with Crippen molar-refractivity contribution in [2.75, 3.05) is 39.7 Å². The molecule has 2 aliphatic rings.